The fourth-order valence-electron chi connectivity index (χ4n) is 1.80. The van der Waals surface area contributed by atoms with Gasteiger partial charge in [0.15, 0.2) is 0 Å². The second-order valence-electron chi connectivity index (χ2n) is 4.18. The second-order valence-corrected chi connectivity index (χ2v) is 5.00. The first kappa shape index (κ1) is 13.2. The van der Waals surface area contributed by atoms with E-state index in [1.165, 1.54) is 5.56 Å². The molecule has 2 rings (SSSR count). The number of aromatic nitrogens is 1. The Morgan fingerprint density at radius 3 is 2.39 bits per heavy atom. The minimum Gasteiger partial charge on any atom is -0.368 e. The number of rotatable bonds is 3. The Hall–Kier alpha value is -1.25. The molecule has 18 heavy (non-hydrogen) atoms. The Morgan fingerprint density at radius 1 is 1.11 bits per heavy atom. The highest BCUT2D eigenvalue weighted by atomic mass is 35.5. The van der Waals surface area contributed by atoms with Gasteiger partial charge in [-0.25, -0.2) is 4.98 Å². The van der Waals surface area contributed by atoms with E-state index in [9.17, 15) is 0 Å². The first-order valence-electron chi connectivity index (χ1n) is 5.68. The molecule has 0 fully saturated rings. The monoisotopic (exact) mass is 280 g/mol. The van der Waals surface area contributed by atoms with Gasteiger partial charge >= 0.3 is 0 Å². The lowest BCUT2D eigenvalue weighted by Gasteiger charge is -2.27. The maximum atomic E-state index is 5.91. The van der Waals surface area contributed by atoms with Crippen LogP contribution in [0.2, 0.25) is 10.2 Å². The van der Waals surface area contributed by atoms with Crippen LogP contribution in [0.1, 0.15) is 18.5 Å². The summed E-state index contributed by atoms with van der Waals surface area (Å²) in [5.74, 6) is 0. The minimum absolute atomic E-state index is 0.237. The summed E-state index contributed by atoms with van der Waals surface area (Å²) in [6, 6.07) is 11.9. The Balaban J connectivity index is 2.23. The van der Waals surface area contributed by atoms with Gasteiger partial charge in [0.25, 0.3) is 0 Å². The molecular formula is C14H14Cl2N2. The zero-order valence-electron chi connectivity index (χ0n) is 10.3. The van der Waals surface area contributed by atoms with Crippen molar-refractivity contribution in [1.29, 1.82) is 0 Å². The molecule has 1 heterocycles. The van der Waals surface area contributed by atoms with Gasteiger partial charge in [0.2, 0.25) is 0 Å². The highest BCUT2D eigenvalue weighted by molar-refractivity contribution is 6.30. The maximum absolute atomic E-state index is 5.91. The van der Waals surface area contributed by atoms with E-state index >= 15 is 0 Å². The van der Waals surface area contributed by atoms with Crippen molar-refractivity contribution < 1.29 is 0 Å². The van der Waals surface area contributed by atoms with Crippen LogP contribution in [0, 0.1) is 0 Å². The minimum atomic E-state index is 0.237. The Bertz CT molecular complexity index is 526. The van der Waals surface area contributed by atoms with Crippen molar-refractivity contribution >= 4 is 28.9 Å². The molecule has 0 bridgehead atoms. The topological polar surface area (TPSA) is 16.1 Å². The molecule has 1 unspecified atom stereocenters. The van der Waals surface area contributed by atoms with Crippen LogP contribution in [0.5, 0.6) is 0 Å². The number of anilines is 1. The highest BCUT2D eigenvalue weighted by Crippen LogP contribution is 2.26. The molecule has 1 atom stereocenters. The first-order chi connectivity index (χ1) is 8.58. The zero-order valence-corrected chi connectivity index (χ0v) is 11.8. The van der Waals surface area contributed by atoms with Gasteiger partial charge in [-0.05, 0) is 36.8 Å². The van der Waals surface area contributed by atoms with Gasteiger partial charge in [0.1, 0.15) is 5.15 Å². The lowest BCUT2D eigenvalue weighted by Crippen LogP contribution is -2.21. The van der Waals surface area contributed by atoms with Crippen LogP contribution in [-0.4, -0.2) is 12.0 Å². The maximum Gasteiger partial charge on any atom is 0.131 e. The van der Waals surface area contributed by atoms with Gasteiger partial charge < -0.3 is 4.90 Å². The van der Waals surface area contributed by atoms with Crippen molar-refractivity contribution in [2.75, 3.05) is 11.9 Å². The summed E-state index contributed by atoms with van der Waals surface area (Å²) in [6.07, 6.45) is 1.71. The predicted molar refractivity (Wildman–Crippen MR) is 77.5 cm³/mol. The van der Waals surface area contributed by atoms with E-state index in [2.05, 4.69) is 16.8 Å². The average Bonchev–Trinajstić information content (AvgIpc) is 2.38. The summed E-state index contributed by atoms with van der Waals surface area (Å²) < 4.78 is 0. The standard InChI is InChI=1S/C14H14Cl2N2/c1-10(11-3-5-12(15)6-4-11)18(2)13-7-8-17-14(16)9-13/h3-10H,1-2H3. The Kier molecular flexibility index (Phi) is 4.10. The molecule has 94 valence electrons. The number of hydrogen-bond donors (Lipinski definition) is 0. The quantitative estimate of drug-likeness (QED) is 0.765. The molecule has 0 saturated heterocycles. The molecule has 0 saturated carbocycles. The fraction of sp³-hybridized carbons (Fsp3) is 0.214. The normalized spacial score (nSPS) is 12.2. The third kappa shape index (κ3) is 2.95. The number of benzene rings is 1. The molecule has 2 nitrogen and oxygen atoms in total. The van der Waals surface area contributed by atoms with Gasteiger partial charge in [0, 0.05) is 24.0 Å². The van der Waals surface area contributed by atoms with Gasteiger partial charge in [-0.1, -0.05) is 35.3 Å². The third-order valence-corrected chi connectivity index (χ3v) is 3.51. The van der Waals surface area contributed by atoms with Crippen molar-refractivity contribution in [1.82, 2.24) is 4.98 Å². The lowest BCUT2D eigenvalue weighted by atomic mass is 10.1. The largest absolute Gasteiger partial charge is 0.368 e. The third-order valence-electron chi connectivity index (χ3n) is 3.05. The van der Waals surface area contributed by atoms with Gasteiger partial charge in [-0.15, -0.1) is 0 Å². The molecule has 2 aromatic rings. The molecule has 0 radical (unpaired) electrons. The van der Waals surface area contributed by atoms with Crippen molar-refractivity contribution in [3.05, 3.63) is 58.3 Å². The van der Waals surface area contributed by atoms with Crippen LogP contribution in [0.3, 0.4) is 0 Å². The predicted octanol–water partition coefficient (Wildman–Crippen LogP) is 4.59. The first-order valence-corrected chi connectivity index (χ1v) is 6.43. The van der Waals surface area contributed by atoms with E-state index in [1.54, 1.807) is 6.20 Å². The summed E-state index contributed by atoms with van der Waals surface area (Å²) in [7, 11) is 2.03. The van der Waals surface area contributed by atoms with Gasteiger partial charge in [-0.2, -0.15) is 0 Å². The molecule has 1 aromatic heterocycles. The second kappa shape index (κ2) is 5.59. The van der Waals surface area contributed by atoms with Crippen molar-refractivity contribution in [3.8, 4) is 0 Å². The van der Waals surface area contributed by atoms with Crippen molar-refractivity contribution in [2.45, 2.75) is 13.0 Å². The molecule has 1 aromatic carbocycles. The fourth-order valence-corrected chi connectivity index (χ4v) is 2.09. The van der Waals surface area contributed by atoms with Crippen molar-refractivity contribution in [3.63, 3.8) is 0 Å². The Morgan fingerprint density at radius 2 is 1.78 bits per heavy atom. The van der Waals surface area contributed by atoms with Crippen LogP contribution in [0.15, 0.2) is 42.6 Å². The molecule has 0 aliphatic carbocycles. The van der Waals surface area contributed by atoms with E-state index in [-0.39, 0.29) is 6.04 Å². The Labute approximate surface area is 117 Å². The molecule has 0 aliphatic rings. The van der Waals surface area contributed by atoms with Gasteiger partial charge in [0.05, 0.1) is 6.04 Å². The molecule has 0 spiro atoms. The van der Waals surface area contributed by atoms with E-state index in [0.29, 0.717) is 5.15 Å². The van der Waals surface area contributed by atoms with Crippen LogP contribution in [-0.2, 0) is 0 Å². The molecule has 0 amide bonds. The number of hydrogen-bond acceptors (Lipinski definition) is 2. The summed E-state index contributed by atoms with van der Waals surface area (Å²) in [4.78, 5) is 6.14. The van der Waals surface area contributed by atoms with Crippen molar-refractivity contribution in [2.24, 2.45) is 0 Å². The number of halogens is 2. The van der Waals surface area contributed by atoms with Crippen LogP contribution < -0.4 is 4.90 Å². The van der Waals surface area contributed by atoms with Crippen LogP contribution >= 0.6 is 23.2 Å². The summed E-state index contributed by atoms with van der Waals surface area (Å²) in [5, 5.41) is 1.25. The van der Waals surface area contributed by atoms with E-state index < -0.39 is 0 Å². The van der Waals surface area contributed by atoms with E-state index in [0.717, 1.165) is 10.7 Å². The zero-order chi connectivity index (χ0) is 13.1. The van der Waals surface area contributed by atoms with Crippen LogP contribution in [0.4, 0.5) is 5.69 Å². The summed E-state index contributed by atoms with van der Waals surface area (Å²) in [5.41, 5.74) is 2.24. The molecule has 0 aliphatic heterocycles. The van der Waals surface area contributed by atoms with E-state index in [1.807, 2.05) is 43.4 Å². The molecule has 0 N–H and O–H groups in total. The van der Waals surface area contributed by atoms with Gasteiger partial charge in [-0.3, -0.25) is 0 Å². The summed E-state index contributed by atoms with van der Waals surface area (Å²) >= 11 is 11.8. The van der Waals surface area contributed by atoms with E-state index in [4.69, 9.17) is 23.2 Å². The lowest BCUT2D eigenvalue weighted by molar-refractivity contribution is 0.739. The summed E-state index contributed by atoms with van der Waals surface area (Å²) in [6.45, 7) is 2.14. The van der Waals surface area contributed by atoms with Crippen LogP contribution in [0.25, 0.3) is 0 Å². The highest BCUT2D eigenvalue weighted by Gasteiger charge is 2.12. The average molecular weight is 281 g/mol. The number of pyridine rings is 1. The molecular weight excluding hydrogens is 267 g/mol. The SMILES string of the molecule is CC(c1ccc(Cl)cc1)N(C)c1ccnc(Cl)c1. The number of nitrogens with zero attached hydrogens (tertiary/aromatic N) is 2. The smallest absolute Gasteiger partial charge is 0.131 e. The molecule has 4 heteroatoms.